The van der Waals surface area contributed by atoms with Crippen molar-refractivity contribution in [3.63, 3.8) is 0 Å². The number of fused-ring (bicyclic) bond motifs is 1. The van der Waals surface area contributed by atoms with Gasteiger partial charge in [0.2, 0.25) is 0 Å². The number of H-pyrrole nitrogens is 1. The summed E-state index contributed by atoms with van der Waals surface area (Å²) in [4.78, 5) is 12.7. The van der Waals surface area contributed by atoms with Crippen LogP contribution in [0.1, 0.15) is 18.8 Å². The summed E-state index contributed by atoms with van der Waals surface area (Å²) in [6.07, 6.45) is 0. The Hall–Kier alpha value is -2.28. The Balaban J connectivity index is 1.38. The maximum Gasteiger partial charge on any atom is 0.129 e. The first-order valence-corrected chi connectivity index (χ1v) is 10.1. The second-order valence-corrected chi connectivity index (χ2v) is 7.69. The molecule has 1 aromatic heterocycles. The second-order valence-electron chi connectivity index (χ2n) is 7.25. The third kappa shape index (κ3) is 4.24. The minimum absolute atomic E-state index is 0.0547. The van der Waals surface area contributed by atoms with E-state index in [2.05, 4.69) is 56.3 Å². The maximum absolute atomic E-state index is 9.06. The van der Waals surface area contributed by atoms with Gasteiger partial charge in [-0.25, -0.2) is 4.98 Å². The number of imidazole rings is 1. The Labute approximate surface area is 170 Å². The van der Waals surface area contributed by atoms with Crippen LogP contribution in [0.3, 0.4) is 0 Å². The van der Waals surface area contributed by atoms with Crippen LogP contribution in [0, 0.1) is 0 Å². The molecule has 0 aliphatic carbocycles. The van der Waals surface area contributed by atoms with Gasteiger partial charge in [-0.15, -0.1) is 0 Å². The summed E-state index contributed by atoms with van der Waals surface area (Å²) in [5, 5.41) is 13.3. The number of piperazine rings is 1. The minimum Gasteiger partial charge on any atom is -0.395 e. The third-order valence-electron chi connectivity index (χ3n) is 5.28. The predicted molar refractivity (Wildman–Crippen MR) is 115 cm³/mol. The summed E-state index contributed by atoms with van der Waals surface area (Å²) in [7, 11) is 0. The average Bonchev–Trinajstić information content (AvgIpc) is 3.13. The molecule has 1 aliphatic heterocycles. The maximum atomic E-state index is 9.06. The molecule has 1 fully saturated rings. The number of aromatic nitrogens is 2. The summed E-state index contributed by atoms with van der Waals surface area (Å²) >= 11 is 6.06. The van der Waals surface area contributed by atoms with Crippen molar-refractivity contribution >= 4 is 34.0 Å². The largest absolute Gasteiger partial charge is 0.395 e. The Morgan fingerprint density at radius 3 is 2.61 bits per heavy atom. The van der Waals surface area contributed by atoms with Gasteiger partial charge in [0.25, 0.3) is 0 Å². The molecule has 7 heteroatoms. The molecular formula is C21H26ClN5O. The Morgan fingerprint density at radius 1 is 1.14 bits per heavy atom. The van der Waals surface area contributed by atoms with Gasteiger partial charge in [0, 0.05) is 49.1 Å². The van der Waals surface area contributed by atoms with Crippen LogP contribution in [-0.4, -0.2) is 59.3 Å². The molecule has 28 heavy (non-hydrogen) atoms. The van der Waals surface area contributed by atoms with Crippen molar-refractivity contribution in [3.8, 4) is 0 Å². The van der Waals surface area contributed by atoms with Gasteiger partial charge < -0.3 is 20.3 Å². The summed E-state index contributed by atoms with van der Waals surface area (Å²) in [6.45, 7) is 7.06. The molecule has 0 bridgehead atoms. The minimum atomic E-state index is 0.0547. The van der Waals surface area contributed by atoms with E-state index in [1.807, 2.05) is 18.2 Å². The number of rotatable bonds is 6. The number of hydrogen-bond donors (Lipinski definition) is 3. The molecule has 2 heterocycles. The highest BCUT2D eigenvalue weighted by molar-refractivity contribution is 6.31. The molecule has 1 atom stereocenters. The first-order chi connectivity index (χ1) is 13.6. The van der Waals surface area contributed by atoms with Gasteiger partial charge in [-0.05, 0) is 49.4 Å². The van der Waals surface area contributed by atoms with Crippen LogP contribution in [-0.2, 0) is 0 Å². The highest BCUT2D eigenvalue weighted by atomic mass is 35.5. The zero-order valence-corrected chi connectivity index (χ0v) is 16.8. The SMILES string of the molecule is CC(Nc1ccc(N2CCN(CCO)CC2)cc1)c1nc2ccc(Cl)cc2[nH]1. The molecule has 0 radical (unpaired) electrons. The fourth-order valence-corrected chi connectivity index (χ4v) is 3.84. The van der Waals surface area contributed by atoms with Gasteiger partial charge in [0.1, 0.15) is 5.82 Å². The van der Waals surface area contributed by atoms with Gasteiger partial charge in [-0.3, -0.25) is 4.90 Å². The van der Waals surface area contributed by atoms with Crippen LogP contribution < -0.4 is 10.2 Å². The number of β-amino-alcohol motifs (C(OH)–C–C–N with tert-alkyl or cyclic N) is 1. The van der Waals surface area contributed by atoms with E-state index in [0.29, 0.717) is 5.02 Å². The van der Waals surface area contributed by atoms with Gasteiger partial charge in [-0.1, -0.05) is 11.6 Å². The molecule has 2 aromatic carbocycles. The number of nitrogens with zero attached hydrogens (tertiary/aromatic N) is 3. The molecule has 0 saturated carbocycles. The first kappa shape index (κ1) is 19.1. The lowest BCUT2D eigenvalue weighted by Crippen LogP contribution is -2.47. The summed E-state index contributed by atoms with van der Waals surface area (Å²) in [6, 6.07) is 14.3. The van der Waals surface area contributed by atoms with Gasteiger partial charge in [0.05, 0.1) is 23.7 Å². The molecule has 148 valence electrons. The van der Waals surface area contributed by atoms with E-state index in [1.165, 1.54) is 5.69 Å². The van der Waals surface area contributed by atoms with Gasteiger partial charge in [0.15, 0.2) is 0 Å². The van der Waals surface area contributed by atoms with E-state index in [1.54, 1.807) is 0 Å². The highest BCUT2D eigenvalue weighted by Crippen LogP contribution is 2.24. The van der Waals surface area contributed by atoms with E-state index in [-0.39, 0.29) is 12.6 Å². The zero-order chi connectivity index (χ0) is 19.5. The molecular weight excluding hydrogens is 374 g/mol. The standard InChI is InChI=1S/C21H26ClN5O/c1-15(21-24-19-7-2-16(22)14-20(19)25-21)23-17-3-5-18(6-4-17)27-10-8-26(9-11-27)12-13-28/h2-7,14-15,23,28H,8-13H2,1H3,(H,24,25). The quantitative estimate of drug-likeness (QED) is 0.592. The summed E-state index contributed by atoms with van der Waals surface area (Å²) < 4.78 is 0. The van der Waals surface area contributed by atoms with Gasteiger partial charge >= 0.3 is 0 Å². The number of hydrogen-bond acceptors (Lipinski definition) is 5. The molecule has 0 amide bonds. The zero-order valence-electron chi connectivity index (χ0n) is 16.0. The molecule has 6 nitrogen and oxygen atoms in total. The van der Waals surface area contributed by atoms with E-state index < -0.39 is 0 Å². The van der Waals surface area contributed by atoms with E-state index >= 15 is 0 Å². The molecule has 3 N–H and O–H groups in total. The molecule has 1 saturated heterocycles. The fourth-order valence-electron chi connectivity index (χ4n) is 3.66. The lowest BCUT2D eigenvalue weighted by Gasteiger charge is -2.35. The first-order valence-electron chi connectivity index (χ1n) is 9.72. The number of aliphatic hydroxyl groups excluding tert-OH is 1. The number of nitrogens with one attached hydrogen (secondary N) is 2. The normalized spacial score (nSPS) is 16.5. The van der Waals surface area contributed by atoms with E-state index in [4.69, 9.17) is 16.7 Å². The Kier molecular flexibility index (Phi) is 5.71. The van der Waals surface area contributed by atoms with Crippen LogP contribution in [0.4, 0.5) is 11.4 Å². The summed E-state index contributed by atoms with van der Waals surface area (Å²) in [5.74, 6) is 0.890. The van der Waals surface area contributed by atoms with Crippen molar-refractivity contribution in [3.05, 3.63) is 53.3 Å². The average molecular weight is 400 g/mol. The number of benzene rings is 2. The van der Waals surface area contributed by atoms with Crippen molar-refractivity contribution in [2.24, 2.45) is 0 Å². The Morgan fingerprint density at radius 2 is 1.89 bits per heavy atom. The predicted octanol–water partition coefficient (Wildman–Crippen LogP) is 3.50. The topological polar surface area (TPSA) is 67.4 Å². The van der Waals surface area contributed by atoms with E-state index in [9.17, 15) is 0 Å². The van der Waals surface area contributed by atoms with Gasteiger partial charge in [-0.2, -0.15) is 0 Å². The van der Waals surface area contributed by atoms with Crippen LogP contribution in [0.15, 0.2) is 42.5 Å². The Bertz CT molecular complexity index is 918. The van der Waals surface area contributed by atoms with Crippen molar-refractivity contribution < 1.29 is 5.11 Å². The third-order valence-corrected chi connectivity index (χ3v) is 5.51. The molecule has 4 rings (SSSR count). The molecule has 3 aromatic rings. The van der Waals surface area contributed by atoms with Crippen LogP contribution in [0.2, 0.25) is 5.02 Å². The molecule has 1 aliphatic rings. The molecule has 0 spiro atoms. The lowest BCUT2D eigenvalue weighted by molar-refractivity contribution is 0.189. The second kappa shape index (κ2) is 8.39. The van der Waals surface area contributed by atoms with E-state index in [0.717, 1.165) is 55.3 Å². The molecule has 1 unspecified atom stereocenters. The van der Waals surface area contributed by atoms with Crippen LogP contribution in [0.5, 0.6) is 0 Å². The van der Waals surface area contributed by atoms with Crippen molar-refractivity contribution in [1.82, 2.24) is 14.9 Å². The lowest BCUT2D eigenvalue weighted by atomic mass is 10.2. The highest BCUT2D eigenvalue weighted by Gasteiger charge is 2.17. The van der Waals surface area contributed by atoms with Crippen LogP contribution >= 0.6 is 11.6 Å². The monoisotopic (exact) mass is 399 g/mol. The fraction of sp³-hybridized carbons (Fsp3) is 0.381. The number of aromatic amines is 1. The van der Waals surface area contributed by atoms with Crippen LogP contribution in [0.25, 0.3) is 11.0 Å². The smallest absolute Gasteiger partial charge is 0.129 e. The van der Waals surface area contributed by atoms with Crippen molar-refractivity contribution in [1.29, 1.82) is 0 Å². The summed E-state index contributed by atoms with van der Waals surface area (Å²) in [5.41, 5.74) is 4.17. The number of anilines is 2. The number of aliphatic hydroxyl groups is 1. The van der Waals surface area contributed by atoms with Crippen molar-refractivity contribution in [2.75, 3.05) is 49.5 Å². The van der Waals surface area contributed by atoms with Crippen molar-refractivity contribution in [2.45, 2.75) is 13.0 Å². The number of halogens is 1.